The summed E-state index contributed by atoms with van der Waals surface area (Å²) in [5.74, 6) is 0.970. The smallest absolute Gasteiger partial charge is 0.207 e. The molecule has 0 saturated carbocycles. The summed E-state index contributed by atoms with van der Waals surface area (Å²) in [6.07, 6.45) is 5.23. The van der Waals surface area contributed by atoms with E-state index in [4.69, 9.17) is 4.98 Å². The first-order chi connectivity index (χ1) is 10.8. The Labute approximate surface area is 135 Å². The third-order valence-electron chi connectivity index (χ3n) is 3.56. The molecule has 1 N–H and O–H groups in total. The van der Waals surface area contributed by atoms with Crippen molar-refractivity contribution in [3.05, 3.63) is 36.5 Å². The minimum atomic E-state index is 0.729. The van der Waals surface area contributed by atoms with Crippen molar-refractivity contribution in [2.75, 3.05) is 38.6 Å². The molecule has 0 fully saturated rings. The maximum atomic E-state index is 4.74. The van der Waals surface area contributed by atoms with E-state index in [1.165, 1.54) is 4.70 Å². The highest BCUT2D eigenvalue weighted by Gasteiger charge is 2.20. The van der Waals surface area contributed by atoms with Crippen molar-refractivity contribution in [2.45, 2.75) is 6.42 Å². The molecule has 0 unspecified atom stereocenters. The molecule has 0 saturated heterocycles. The molecule has 1 aliphatic heterocycles. The van der Waals surface area contributed by atoms with Gasteiger partial charge in [-0.2, -0.15) is 0 Å². The van der Waals surface area contributed by atoms with Gasteiger partial charge in [0.15, 0.2) is 5.13 Å². The first-order valence-corrected chi connectivity index (χ1v) is 8.33. The molecule has 2 aromatic rings. The lowest BCUT2D eigenvalue weighted by Gasteiger charge is -2.29. The summed E-state index contributed by atoms with van der Waals surface area (Å²) in [7, 11) is 4.07. The normalized spacial score (nSPS) is 14.5. The summed E-state index contributed by atoms with van der Waals surface area (Å²) in [6, 6.07) is 8.24. The molecule has 116 valence electrons. The maximum Gasteiger partial charge on any atom is 0.207 e. The van der Waals surface area contributed by atoms with Crippen molar-refractivity contribution in [2.24, 2.45) is 4.99 Å². The first-order valence-electron chi connectivity index (χ1n) is 7.51. The van der Waals surface area contributed by atoms with Crippen LogP contribution in [-0.2, 0) is 0 Å². The number of hydrogen-bond acceptors (Lipinski definition) is 6. The lowest BCUT2D eigenvalue weighted by Crippen LogP contribution is -2.42. The van der Waals surface area contributed by atoms with Gasteiger partial charge in [0, 0.05) is 19.8 Å². The summed E-state index contributed by atoms with van der Waals surface area (Å²) in [5.41, 5.74) is 1.04. The van der Waals surface area contributed by atoms with Crippen molar-refractivity contribution < 1.29 is 0 Å². The zero-order valence-corrected chi connectivity index (χ0v) is 13.8. The molecule has 6 heteroatoms. The number of aliphatic imine (C=N–C) groups is 1. The van der Waals surface area contributed by atoms with Gasteiger partial charge in [0.25, 0.3) is 0 Å². The number of guanidine groups is 1. The summed E-state index contributed by atoms with van der Waals surface area (Å²) < 4.78 is 1.20. The van der Waals surface area contributed by atoms with Crippen LogP contribution in [0.15, 0.2) is 41.5 Å². The maximum absolute atomic E-state index is 4.74. The van der Waals surface area contributed by atoms with Gasteiger partial charge in [-0.3, -0.25) is 4.90 Å². The molecule has 1 aliphatic rings. The SMILES string of the molecule is CNCCCN(C)C1=NCC=CN1c1nc2ccccc2s1. The van der Waals surface area contributed by atoms with E-state index in [0.717, 1.165) is 42.7 Å². The van der Waals surface area contributed by atoms with Crippen LogP contribution in [0.3, 0.4) is 0 Å². The Kier molecular flexibility index (Phi) is 4.70. The van der Waals surface area contributed by atoms with E-state index in [-0.39, 0.29) is 0 Å². The number of hydrogen-bond donors (Lipinski definition) is 1. The highest BCUT2D eigenvalue weighted by molar-refractivity contribution is 7.22. The van der Waals surface area contributed by atoms with Crippen molar-refractivity contribution in [3.8, 4) is 0 Å². The molecular weight excluding hydrogens is 294 g/mol. The number of benzene rings is 1. The van der Waals surface area contributed by atoms with Crippen molar-refractivity contribution in [1.29, 1.82) is 0 Å². The second-order valence-electron chi connectivity index (χ2n) is 5.24. The quantitative estimate of drug-likeness (QED) is 0.861. The lowest BCUT2D eigenvalue weighted by atomic mass is 10.3. The molecule has 0 radical (unpaired) electrons. The van der Waals surface area contributed by atoms with Crippen LogP contribution < -0.4 is 10.2 Å². The van der Waals surface area contributed by atoms with Crippen LogP contribution in [0.2, 0.25) is 0 Å². The number of aromatic nitrogens is 1. The Morgan fingerprint density at radius 1 is 1.36 bits per heavy atom. The fourth-order valence-electron chi connectivity index (χ4n) is 2.44. The summed E-state index contributed by atoms with van der Waals surface area (Å²) in [4.78, 5) is 13.7. The monoisotopic (exact) mass is 315 g/mol. The average molecular weight is 315 g/mol. The third kappa shape index (κ3) is 3.13. The van der Waals surface area contributed by atoms with Crippen LogP contribution in [0.4, 0.5) is 5.13 Å². The van der Waals surface area contributed by atoms with E-state index in [9.17, 15) is 0 Å². The van der Waals surface area contributed by atoms with Crippen LogP contribution in [0.25, 0.3) is 10.2 Å². The van der Waals surface area contributed by atoms with Crippen LogP contribution in [0, 0.1) is 0 Å². The summed E-state index contributed by atoms with van der Waals surface area (Å²) in [5, 5.41) is 4.15. The summed E-state index contributed by atoms with van der Waals surface area (Å²) in [6.45, 7) is 2.70. The number of thiazole rings is 1. The van der Waals surface area contributed by atoms with Crippen molar-refractivity contribution in [3.63, 3.8) is 0 Å². The molecule has 0 aliphatic carbocycles. The fraction of sp³-hybridized carbons (Fsp3) is 0.375. The number of para-hydroxylation sites is 1. The molecular formula is C16H21N5S. The third-order valence-corrected chi connectivity index (χ3v) is 4.59. The molecule has 3 rings (SSSR count). The second-order valence-corrected chi connectivity index (χ2v) is 6.25. The standard InChI is InChI=1S/C16H21N5S/c1-17-9-5-11-20(2)15-18-10-6-12-21(15)16-19-13-7-3-4-8-14(13)22-16/h3-4,6-8,12,17H,5,9-11H2,1-2H3. The Bertz CT molecular complexity index is 658. The van der Waals surface area contributed by atoms with Crippen molar-refractivity contribution >= 4 is 32.6 Å². The van der Waals surface area contributed by atoms with Gasteiger partial charge in [-0.25, -0.2) is 9.98 Å². The Balaban J connectivity index is 1.82. The van der Waals surface area contributed by atoms with E-state index < -0.39 is 0 Å². The largest absolute Gasteiger partial charge is 0.345 e. The molecule has 0 atom stereocenters. The summed E-state index contributed by atoms with van der Waals surface area (Å²) >= 11 is 1.70. The van der Waals surface area contributed by atoms with E-state index in [1.807, 2.05) is 13.1 Å². The van der Waals surface area contributed by atoms with Gasteiger partial charge in [0.05, 0.1) is 16.8 Å². The lowest BCUT2D eigenvalue weighted by molar-refractivity contribution is 0.473. The predicted molar refractivity (Wildman–Crippen MR) is 94.7 cm³/mol. The van der Waals surface area contributed by atoms with E-state index in [1.54, 1.807) is 11.3 Å². The average Bonchev–Trinajstić information content (AvgIpc) is 2.99. The van der Waals surface area contributed by atoms with Gasteiger partial charge < -0.3 is 10.2 Å². The highest BCUT2D eigenvalue weighted by atomic mass is 32.1. The number of rotatable bonds is 5. The topological polar surface area (TPSA) is 43.8 Å². The zero-order chi connectivity index (χ0) is 15.4. The molecule has 2 heterocycles. The van der Waals surface area contributed by atoms with Gasteiger partial charge in [-0.1, -0.05) is 23.5 Å². The van der Waals surface area contributed by atoms with Crippen LogP contribution in [-0.4, -0.2) is 49.6 Å². The van der Waals surface area contributed by atoms with Crippen molar-refractivity contribution in [1.82, 2.24) is 15.2 Å². The van der Waals surface area contributed by atoms with Gasteiger partial charge in [-0.15, -0.1) is 0 Å². The Hall–Kier alpha value is -1.92. The molecule has 1 aromatic carbocycles. The van der Waals surface area contributed by atoms with Gasteiger partial charge in [0.2, 0.25) is 5.96 Å². The molecule has 22 heavy (non-hydrogen) atoms. The molecule has 0 bridgehead atoms. The van der Waals surface area contributed by atoms with E-state index in [2.05, 4.69) is 57.6 Å². The van der Waals surface area contributed by atoms with Gasteiger partial charge in [-0.05, 0) is 38.2 Å². The predicted octanol–water partition coefficient (Wildman–Crippen LogP) is 2.53. The van der Waals surface area contributed by atoms with E-state index in [0.29, 0.717) is 0 Å². The Morgan fingerprint density at radius 3 is 3.05 bits per heavy atom. The number of anilines is 1. The number of fused-ring (bicyclic) bond motifs is 1. The zero-order valence-electron chi connectivity index (χ0n) is 13.0. The second kappa shape index (κ2) is 6.89. The molecule has 0 spiro atoms. The Morgan fingerprint density at radius 2 is 2.23 bits per heavy atom. The minimum Gasteiger partial charge on any atom is -0.345 e. The molecule has 1 aromatic heterocycles. The molecule has 0 amide bonds. The highest BCUT2D eigenvalue weighted by Crippen LogP contribution is 2.30. The van der Waals surface area contributed by atoms with E-state index >= 15 is 0 Å². The minimum absolute atomic E-state index is 0.729. The number of nitrogens with zero attached hydrogens (tertiary/aromatic N) is 4. The van der Waals surface area contributed by atoms with Crippen LogP contribution >= 0.6 is 11.3 Å². The van der Waals surface area contributed by atoms with Crippen LogP contribution in [0.5, 0.6) is 0 Å². The van der Waals surface area contributed by atoms with Gasteiger partial charge in [0.1, 0.15) is 0 Å². The number of nitrogens with one attached hydrogen (secondary N) is 1. The fourth-order valence-corrected chi connectivity index (χ4v) is 3.39. The van der Waals surface area contributed by atoms with Gasteiger partial charge >= 0.3 is 0 Å². The van der Waals surface area contributed by atoms with Crippen LogP contribution in [0.1, 0.15) is 6.42 Å². The first kappa shape index (κ1) is 15.0. The molecule has 5 nitrogen and oxygen atoms in total.